The standard InChI is InChI=1S/C21H22N4OS2/c1-3-12-25-19(13-16-8-5-4-6-9-16)23-24-21(25)28-15-20(26)22-17-10-7-11-18(14-17)27-2/h3-11,14H,1,12-13,15H2,2H3,(H,22,26). The van der Waals surface area contributed by atoms with E-state index in [0.717, 1.165) is 21.6 Å². The molecule has 0 aliphatic rings. The van der Waals surface area contributed by atoms with E-state index in [0.29, 0.717) is 13.0 Å². The number of amides is 1. The molecule has 28 heavy (non-hydrogen) atoms. The Bertz CT molecular complexity index is 941. The van der Waals surface area contributed by atoms with Gasteiger partial charge in [-0.05, 0) is 30.0 Å². The summed E-state index contributed by atoms with van der Waals surface area (Å²) in [4.78, 5) is 13.4. The minimum Gasteiger partial charge on any atom is -0.325 e. The second-order valence-electron chi connectivity index (χ2n) is 6.03. The summed E-state index contributed by atoms with van der Waals surface area (Å²) in [6.07, 6.45) is 4.52. The fourth-order valence-electron chi connectivity index (χ4n) is 2.68. The summed E-state index contributed by atoms with van der Waals surface area (Å²) in [5.41, 5.74) is 1.97. The Labute approximate surface area is 173 Å². The lowest BCUT2D eigenvalue weighted by Crippen LogP contribution is -2.14. The summed E-state index contributed by atoms with van der Waals surface area (Å²) >= 11 is 3.02. The number of benzene rings is 2. The molecular weight excluding hydrogens is 388 g/mol. The summed E-state index contributed by atoms with van der Waals surface area (Å²) in [6.45, 7) is 4.43. The maximum absolute atomic E-state index is 12.3. The van der Waals surface area contributed by atoms with Crippen LogP contribution in [0.2, 0.25) is 0 Å². The quantitative estimate of drug-likeness (QED) is 0.415. The second-order valence-corrected chi connectivity index (χ2v) is 7.85. The molecule has 0 radical (unpaired) electrons. The van der Waals surface area contributed by atoms with Crippen molar-refractivity contribution in [2.75, 3.05) is 17.3 Å². The summed E-state index contributed by atoms with van der Waals surface area (Å²) in [5.74, 6) is 1.06. The van der Waals surface area contributed by atoms with Gasteiger partial charge < -0.3 is 9.88 Å². The molecule has 144 valence electrons. The van der Waals surface area contributed by atoms with Crippen LogP contribution in [0.1, 0.15) is 11.4 Å². The number of anilines is 1. The van der Waals surface area contributed by atoms with Gasteiger partial charge in [0.25, 0.3) is 0 Å². The average Bonchev–Trinajstić information content (AvgIpc) is 3.09. The Morgan fingerprint density at radius 2 is 2.00 bits per heavy atom. The topological polar surface area (TPSA) is 59.8 Å². The number of hydrogen-bond acceptors (Lipinski definition) is 5. The summed E-state index contributed by atoms with van der Waals surface area (Å²) in [7, 11) is 0. The average molecular weight is 411 g/mol. The molecule has 1 aromatic heterocycles. The fourth-order valence-corrected chi connectivity index (χ4v) is 3.90. The highest BCUT2D eigenvalue weighted by molar-refractivity contribution is 7.99. The molecule has 5 nitrogen and oxygen atoms in total. The maximum atomic E-state index is 12.3. The third-order valence-corrected chi connectivity index (χ3v) is 5.69. The third kappa shape index (κ3) is 5.50. The molecule has 0 fully saturated rings. The number of hydrogen-bond donors (Lipinski definition) is 1. The molecule has 1 heterocycles. The highest BCUT2D eigenvalue weighted by atomic mass is 32.2. The molecule has 1 N–H and O–H groups in total. The number of carbonyl (C=O) groups is 1. The van der Waals surface area contributed by atoms with Gasteiger partial charge in [0.15, 0.2) is 5.16 Å². The molecule has 1 amide bonds. The monoisotopic (exact) mass is 410 g/mol. The van der Waals surface area contributed by atoms with E-state index in [-0.39, 0.29) is 11.7 Å². The van der Waals surface area contributed by atoms with Crippen molar-refractivity contribution in [2.24, 2.45) is 0 Å². The van der Waals surface area contributed by atoms with Gasteiger partial charge in [0, 0.05) is 23.5 Å². The van der Waals surface area contributed by atoms with Crippen molar-refractivity contribution >= 4 is 35.1 Å². The number of thioether (sulfide) groups is 2. The largest absolute Gasteiger partial charge is 0.325 e. The zero-order chi connectivity index (χ0) is 19.8. The molecule has 0 spiro atoms. The lowest BCUT2D eigenvalue weighted by atomic mass is 10.1. The van der Waals surface area contributed by atoms with E-state index < -0.39 is 0 Å². The Morgan fingerprint density at radius 1 is 1.18 bits per heavy atom. The molecule has 7 heteroatoms. The minimum absolute atomic E-state index is 0.0685. The van der Waals surface area contributed by atoms with Crippen LogP contribution in [0, 0.1) is 0 Å². The van der Waals surface area contributed by atoms with Gasteiger partial charge in [-0.1, -0.05) is 54.2 Å². The van der Waals surface area contributed by atoms with Gasteiger partial charge in [-0.3, -0.25) is 4.79 Å². The summed E-state index contributed by atoms with van der Waals surface area (Å²) < 4.78 is 2.01. The fraction of sp³-hybridized carbons (Fsp3) is 0.190. The molecule has 3 rings (SSSR count). The molecule has 0 unspecified atom stereocenters. The number of allylic oxidation sites excluding steroid dienone is 1. The van der Waals surface area contributed by atoms with E-state index in [4.69, 9.17) is 0 Å². The lowest BCUT2D eigenvalue weighted by Gasteiger charge is -2.09. The molecular formula is C21H22N4OS2. The van der Waals surface area contributed by atoms with Crippen LogP contribution in [0.25, 0.3) is 0 Å². The van der Waals surface area contributed by atoms with E-state index >= 15 is 0 Å². The van der Waals surface area contributed by atoms with Crippen molar-refractivity contribution in [3.63, 3.8) is 0 Å². The lowest BCUT2D eigenvalue weighted by molar-refractivity contribution is -0.113. The zero-order valence-electron chi connectivity index (χ0n) is 15.7. The van der Waals surface area contributed by atoms with Crippen LogP contribution in [0.4, 0.5) is 5.69 Å². The Morgan fingerprint density at radius 3 is 2.75 bits per heavy atom. The van der Waals surface area contributed by atoms with Gasteiger partial charge in [0.1, 0.15) is 5.82 Å². The third-order valence-electron chi connectivity index (χ3n) is 4.00. The van der Waals surface area contributed by atoms with Crippen molar-refractivity contribution in [3.05, 3.63) is 78.6 Å². The van der Waals surface area contributed by atoms with Crippen LogP contribution in [-0.2, 0) is 17.8 Å². The summed E-state index contributed by atoms with van der Waals surface area (Å²) in [6, 6.07) is 17.9. The van der Waals surface area contributed by atoms with E-state index in [2.05, 4.69) is 34.2 Å². The highest BCUT2D eigenvalue weighted by Crippen LogP contribution is 2.21. The van der Waals surface area contributed by atoms with Crippen LogP contribution in [0.15, 0.2) is 77.3 Å². The Hall–Kier alpha value is -2.51. The van der Waals surface area contributed by atoms with E-state index in [9.17, 15) is 4.79 Å². The number of nitrogens with one attached hydrogen (secondary N) is 1. The molecule has 0 atom stereocenters. The maximum Gasteiger partial charge on any atom is 0.234 e. The van der Waals surface area contributed by atoms with Crippen LogP contribution < -0.4 is 5.32 Å². The molecule has 3 aromatic rings. The first-order valence-electron chi connectivity index (χ1n) is 8.83. The van der Waals surface area contributed by atoms with Crippen molar-refractivity contribution in [1.29, 1.82) is 0 Å². The number of aromatic nitrogens is 3. The van der Waals surface area contributed by atoms with Gasteiger partial charge in [-0.15, -0.1) is 28.5 Å². The number of nitrogens with zero attached hydrogens (tertiary/aromatic N) is 3. The van der Waals surface area contributed by atoms with Gasteiger partial charge in [0.05, 0.1) is 5.75 Å². The van der Waals surface area contributed by atoms with Crippen LogP contribution >= 0.6 is 23.5 Å². The minimum atomic E-state index is -0.0685. The van der Waals surface area contributed by atoms with Crippen molar-refractivity contribution < 1.29 is 4.79 Å². The van der Waals surface area contributed by atoms with E-state index in [1.54, 1.807) is 11.8 Å². The Balaban J connectivity index is 1.64. The van der Waals surface area contributed by atoms with E-state index in [1.807, 2.05) is 59.4 Å². The van der Waals surface area contributed by atoms with Crippen LogP contribution in [0.3, 0.4) is 0 Å². The molecule has 0 aliphatic carbocycles. The molecule has 0 aliphatic heterocycles. The molecule has 0 saturated heterocycles. The van der Waals surface area contributed by atoms with Gasteiger partial charge in [0.2, 0.25) is 5.91 Å². The van der Waals surface area contributed by atoms with Crippen molar-refractivity contribution in [3.8, 4) is 0 Å². The molecule has 2 aromatic carbocycles. The SMILES string of the molecule is C=CCn1c(Cc2ccccc2)nnc1SCC(=O)Nc1cccc(SC)c1. The predicted octanol–water partition coefficient (Wildman–Crippen LogP) is 4.51. The highest BCUT2D eigenvalue weighted by Gasteiger charge is 2.14. The van der Waals surface area contributed by atoms with E-state index in [1.165, 1.54) is 17.3 Å². The van der Waals surface area contributed by atoms with Gasteiger partial charge in [-0.2, -0.15) is 0 Å². The zero-order valence-corrected chi connectivity index (χ0v) is 17.3. The first kappa shape index (κ1) is 20.2. The first-order chi connectivity index (χ1) is 13.7. The first-order valence-corrected chi connectivity index (χ1v) is 11.0. The van der Waals surface area contributed by atoms with Crippen LogP contribution in [0.5, 0.6) is 0 Å². The predicted molar refractivity (Wildman–Crippen MR) is 117 cm³/mol. The van der Waals surface area contributed by atoms with Gasteiger partial charge in [-0.25, -0.2) is 0 Å². The number of rotatable bonds is 9. The Kier molecular flexibility index (Phi) is 7.33. The summed E-state index contributed by atoms with van der Waals surface area (Å²) in [5, 5.41) is 12.3. The van der Waals surface area contributed by atoms with Crippen LogP contribution in [-0.4, -0.2) is 32.7 Å². The molecule has 0 bridgehead atoms. The number of carbonyl (C=O) groups excluding carboxylic acids is 1. The van der Waals surface area contributed by atoms with Gasteiger partial charge >= 0.3 is 0 Å². The van der Waals surface area contributed by atoms with Crippen molar-refractivity contribution in [2.45, 2.75) is 23.0 Å². The smallest absolute Gasteiger partial charge is 0.234 e. The second kappa shape index (κ2) is 10.1. The molecule has 0 saturated carbocycles. The normalized spacial score (nSPS) is 10.6. The van der Waals surface area contributed by atoms with Crippen molar-refractivity contribution in [1.82, 2.24) is 14.8 Å².